The van der Waals surface area contributed by atoms with E-state index in [-0.39, 0.29) is 5.41 Å². The first-order valence-corrected chi connectivity index (χ1v) is 11.1. The van der Waals surface area contributed by atoms with Crippen molar-refractivity contribution in [2.75, 3.05) is 0 Å². The van der Waals surface area contributed by atoms with Gasteiger partial charge in [-0.2, -0.15) is 5.26 Å². The minimum absolute atomic E-state index is 0.0334. The smallest absolute Gasteiger partial charge is 0.0689 e. The lowest BCUT2D eigenvalue weighted by atomic mass is 9.62. The summed E-state index contributed by atoms with van der Waals surface area (Å²) in [6, 6.07) is 2.65. The molecule has 3 aliphatic carbocycles. The molecular weight excluding hydrogens is 290 g/mol. The molecule has 136 valence electrons. The van der Waals surface area contributed by atoms with Gasteiger partial charge in [-0.05, 0) is 100 Å². The van der Waals surface area contributed by atoms with Crippen LogP contribution in [0.1, 0.15) is 104 Å². The van der Waals surface area contributed by atoms with Crippen LogP contribution in [0.15, 0.2) is 0 Å². The van der Waals surface area contributed by atoms with E-state index >= 15 is 0 Å². The zero-order valence-electron chi connectivity index (χ0n) is 16.2. The van der Waals surface area contributed by atoms with Gasteiger partial charge in [-0.15, -0.1) is 0 Å². The summed E-state index contributed by atoms with van der Waals surface area (Å²) >= 11 is 0. The van der Waals surface area contributed by atoms with Crippen LogP contribution in [0.2, 0.25) is 0 Å². The molecule has 0 amide bonds. The van der Waals surface area contributed by atoms with E-state index < -0.39 is 0 Å². The zero-order valence-corrected chi connectivity index (χ0v) is 16.2. The number of nitrogens with zero attached hydrogens (tertiary/aromatic N) is 1. The van der Waals surface area contributed by atoms with Crippen molar-refractivity contribution in [2.24, 2.45) is 35.0 Å². The Morgan fingerprint density at radius 1 is 0.708 bits per heavy atom. The summed E-state index contributed by atoms with van der Waals surface area (Å²) in [5, 5.41) is 9.50. The molecule has 3 rings (SSSR count). The predicted molar refractivity (Wildman–Crippen MR) is 101 cm³/mol. The Morgan fingerprint density at radius 3 is 1.50 bits per heavy atom. The summed E-state index contributed by atoms with van der Waals surface area (Å²) in [5.74, 6) is 5.08. The maximum atomic E-state index is 9.50. The third kappa shape index (κ3) is 4.00. The minimum atomic E-state index is 0.0334. The van der Waals surface area contributed by atoms with Crippen LogP contribution in [0.25, 0.3) is 0 Å². The second kappa shape index (κ2) is 8.25. The maximum absolute atomic E-state index is 9.50. The lowest BCUT2D eigenvalue weighted by Gasteiger charge is -2.42. The first-order valence-electron chi connectivity index (χ1n) is 11.1. The van der Waals surface area contributed by atoms with E-state index in [4.69, 9.17) is 0 Å². The van der Waals surface area contributed by atoms with Crippen molar-refractivity contribution in [3.8, 4) is 6.07 Å². The Labute approximate surface area is 150 Å². The molecule has 0 N–H and O–H groups in total. The van der Waals surface area contributed by atoms with Gasteiger partial charge in [-0.1, -0.05) is 33.1 Å². The van der Waals surface area contributed by atoms with E-state index in [1.165, 1.54) is 83.5 Å². The average molecular weight is 330 g/mol. The highest BCUT2D eigenvalue weighted by Crippen LogP contribution is 2.48. The molecule has 0 bridgehead atoms. The van der Waals surface area contributed by atoms with Crippen LogP contribution >= 0.6 is 0 Å². The summed E-state index contributed by atoms with van der Waals surface area (Å²) in [4.78, 5) is 0. The Balaban J connectivity index is 1.42. The third-order valence-electron chi connectivity index (χ3n) is 8.52. The van der Waals surface area contributed by atoms with Gasteiger partial charge < -0.3 is 0 Å². The van der Waals surface area contributed by atoms with E-state index in [1.807, 2.05) is 0 Å². The van der Waals surface area contributed by atoms with E-state index in [0.29, 0.717) is 0 Å². The molecule has 0 atom stereocenters. The molecule has 3 saturated carbocycles. The number of hydrogen-bond acceptors (Lipinski definition) is 1. The molecule has 24 heavy (non-hydrogen) atoms. The molecule has 0 radical (unpaired) electrons. The Morgan fingerprint density at radius 2 is 1.12 bits per heavy atom. The largest absolute Gasteiger partial charge is 0.198 e. The molecule has 0 aromatic rings. The zero-order chi connectivity index (χ0) is 17.0. The van der Waals surface area contributed by atoms with Crippen molar-refractivity contribution < 1.29 is 0 Å². The van der Waals surface area contributed by atoms with Crippen LogP contribution in [-0.4, -0.2) is 0 Å². The highest BCUT2D eigenvalue weighted by Gasteiger charge is 2.38. The molecule has 0 unspecified atom stereocenters. The molecule has 3 fully saturated rings. The van der Waals surface area contributed by atoms with E-state index in [1.54, 1.807) is 0 Å². The lowest BCUT2D eigenvalue weighted by Crippen LogP contribution is -2.32. The van der Waals surface area contributed by atoms with Gasteiger partial charge in [0.1, 0.15) is 0 Å². The summed E-state index contributed by atoms with van der Waals surface area (Å²) in [6.45, 7) is 4.59. The monoisotopic (exact) mass is 329 g/mol. The van der Waals surface area contributed by atoms with Crippen LogP contribution in [0.5, 0.6) is 0 Å². The van der Waals surface area contributed by atoms with Crippen LogP contribution in [0.3, 0.4) is 0 Å². The fourth-order valence-corrected chi connectivity index (χ4v) is 6.36. The molecule has 1 nitrogen and oxygen atoms in total. The van der Waals surface area contributed by atoms with E-state index in [9.17, 15) is 5.26 Å². The Hall–Kier alpha value is -0.510. The number of nitriles is 1. The normalized spacial score (nSPS) is 44.0. The number of rotatable bonds is 4. The minimum Gasteiger partial charge on any atom is -0.198 e. The second-order valence-electron chi connectivity index (χ2n) is 9.45. The van der Waals surface area contributed by atoms with Crippen molar-refractivity contribution in [2.45, 2.75) is 104 Å². The Bertz CT molecular complexity index is 410. The van der Waals surface area contributed by atoms with Crippen molar-refractivity contribution in [3.63, 3.8) is 0 Å². The summed E-state index contributed by atoms with van der Waals surface area (Å²) in [7, 11) is 0. The summed E-state index contributed by atoms with van der Waals surface area (Å²) in [6.07, 6.45) is 19.6. The highest BCUT2D eigenvalue weighted by atomic mass is 14.4. The van der Waals surface area contributed by atoms with E-state index in [2.05, 4.69) is 19.9 Å². The molecule has 3 aliphatic rings. The Kier molecular flexibility index (Phi) is 6.28. The van der Waals surface area contributed by atoms with Gasteiger partial charge >= 0.3 is 0 Å². The fourth-order valence-electron chi connectivity index (χ4n) is 6.36. The first kappa shape index (κ1) is 18.3. The average Bonchev–Trinajstić information content (AvgIpc) is 2.68. The molecule has 0 aliphatic heterocycles. The second-order valence-corrected chi connectivity index (χ2v) is 9.45. The topological polar surface area (TPSA) is 23.8 Å². The molecule has 0 spiro atoms. The van der Waals surface area contributed by atoms with Gasteiger partial charge in [0.15, 0.2) is 0 Å². The maximum Gasteiger partial charge on any atom is 0.0689 e. The molecule has 0 saturated heterocycles. The summed E-state index contributed by atoms with van der Waals surface area (Å²) < 4.78 is 0. The van der Waals surface area contributed by atoms with Crippen molar-refractivity contribution in [1.82, 2.24) is 0 Å². The highest BCUT2D eigenvalue weighted by molar-refractivity contribution is 5.01. The van der Waals surface area contributed by atoms with E-state index in [0.717, 1.165) is 36.0 Å². The summed E-state index contributed by atoms with van der Waals surface area (Å²) in [5.41, 5.74) is 0.0334. The predicted octanol–water partition coefficient (Wildman–Crippen LogP) is 7.12. The third-order valence-corrected chi connectivity index (χ3v) is 8.52. The van der Waals surface area contributed by atoms with Gasteiger partial charge in [-0.25, -0.2) is 0 Å². The lowest BCUT2D eigenvalue weighted by molar-refractivity contribution is 0.0923. The molecular formula is C23H39N. The fraction of sp³-hybridized carbons (Fsp3) is 0.957. The molecule has 0 aromatic carbocycles. The molecule has 0 aromatic heterocycles. The number of hydrogen-bond donors (Lipinski definition) is 0. The first-order chi connectivity index (χ1) is 11.7. The molecule has 0 heterocycles. The van der Waals surface area contributed by atoms with Gasteiger partial charge in [-0.3, -0.25) is 0 Å². The van der Waals surface area contributed by atoms with Crippen LogP contribution in [0, 0.1) is 46.3 Å². The van der Waals surface area contributed by atoms with Crippen molar-refractivity contribution in [3.05, 3.63) is 0 Å². The van der Waals surface area contributed by atoms with Crippen LogP contribution in [0.4, 0.5) is 0 Å². The SMILES string of the molecule is CCC1CCC(C2CCC(C3CCC(C#N)(CC)CC3)CC2)CC1. The van der Waals surface area contributed by atoms with Crippen LogP contribution < -0.4 is 0 Å². The van der Waals surface area contributed by atoms with Gasteiger partial charge in [0, 0.05) is 0 Å². The van der Waals surface area contributed by atoms with Gasteiger partial charge in [0.25, 0.3) is 0 Å². The van der Waals surface area contributed by atoms with Crippen molar-refractivity contribution >= 4 is 0 Å². The molecule has 1 heteroatoms. The van der Waals surface area contributed by atoms with Crippen LogP contribution in [-0.2, 0) is 0 Å². The van der Waals surface area contributed by atoms with Gasteiger partial charge in [0.2, 0.25) is 0 Å². The quantitative estimate of drug-likeness (QED) is 0.538. The van der Waals surface area contributed by atoms with Gasteiger partial charge in [0.05, 0.1) is 11.5 Å². The van der Waals surface area contributed by atoms with Crippen molar-refractivity contribution in [1.29, 1.82) is 5.26 Å². The standard InChI is InChI=1S/C23H39N/c1-3-18-5-7-19(8-6-18)20-9-11-21(12-10-20)22-13-15-23(4-2,17-24)16-14-22/h18-22H,3-16H2,1-2H3.